The van der Waals surface area contributed by atoms with Crippen LogP contribution in [0.15, 0.2) is 42.5 Å². The molecular formula is C20H18ClNO2. The molecule has 1 heterocycles. The zero-order valence-electron chi connectivity index (χ0n) is 13.9. The number of carbonyl (C=O) groups excluding carboxylic acids is 1. The second kappa shape index (κ2) is 6.62. The highest BCUT2D eigenvalue weighted by molar-refractivity contribution is 6.68. The van der Waals surface area contributed by atoms with Crippen molar-refractivity contribution in [2.45, 2.75) is 20.8 Å². The maximum Gasteiger partial charge on any atom is 0.253 e. The van der Waals surface area contributed by atoms with E-state index in [1.807, 2.05) is 51.1 Å². The zero-order valence-corrected chi connectivity index (χ0v) is 14.6. The van der Waals surface area contributed by atoms with Gasteiger partial charge < -0.3 is 4.74 Å². The molecule has 24 heavy (non-hydrogen) atoms. The van der Waals surface area contributed by atoms with Crippen molar-refractivity contribution in [3.63, 3.8) is 0 Å². The Hall–Kier alpha value is -2.39. The van der Waals surface area contributed by atoms with Gasteiger partial charge in [-0.1, -0.05) is 11.6 Å². The van der Waals surface area contributed by atoms with Crippen LogP contribution in [0.1, 0.15) is 28.4 Å². The van der Waals surface area contributed by atoms with Crippen LogP contribution < -0.4 is 4.74 Å². The summed E-state index contributed by atoms with van der Waals surface area (Å²) < 4.78 is 5.47. The number of rotatable bonds is 4. The van der Waals surface area contributed by atoms with Gasteiger partial charge in [0.1, 0.15) is 5.75 Å². The molecule has 4 heteroatoms. The lowest BCUT2D eigenvalue weighted by Crippen LogP contribution is -1.98. The van der Waals surface area contributed by atoms with Gasteiger partial charge in [0.15, 0.2) is 0 Å². The topological polar surface area (TPSA) is 39.2 Å². The Morgan fingerprint density at radius 3 is 2.46 bits per heavy atom. The van der Waals surface area contributed by atoms with Gasteiger partial charge in [0, 0.05) is 16.5 Å². The van der Waals surface area contributed by atoms with Crippen LogP contribution in [0.2, 0.25) is 0 Å². The summed E-state index contributed by atoms with van der Waals surface area (Å²) >= 11 is 5.83. The lowest BCUT2D eigenvalue weighted by molar-refractivity contribution is 0.108. The van der Waals surface area contributed by atoms with E-state index >= 15 is 0 Å². The Bertz CT molecular complexity index is 917. The summed E-state index contributed by atoms with van der Waals surface area (Å²) in [6, 6.07) is 13.4. The molecule has 2 aromatic carbocycles. The fourth-order valence-electron chi connectivity index (χ4n) is 2.88. The highest BCUT2D eigenvalue weighted by Crippen LogP contribution is 2.29. The van der Waals surface area contributed by atoms with E-state index in [9.17, 15) is 4.79 Å². The molecule has 0 saturated heterocycles. The minimum Gasteiger partial charge on any atom is -0.494 e. The Labute approximate surface area is 146 Å². The molecule has 0 N–H and O–H groups in total. The number of halogens is 1. The number of fused-ring (bicyclic) bond motifs is 1. The van der Waals surface area contributed by atoms with Crippen molar-refractivity contribution in [2.24, 2.45) is 0 Å². The fraction of sp³-hybridized carbons (Fsp3) is 0.200. The van der Waals surface area contributed by atoms with Crippen LogP contribution in [0.3, 0.4) is 0 Å². The smallest absolute Gasteiger partial charge is 0.253 e. The average Bonchev–Trinajstić information content (AvgIpc) is 2.55. The molecular weight excluding hydrogens is 322 g/mol. The van der Waals surface area contributed by atoms with E-state index in [0.717, 1.165) is 39.0 Å². The molecule has 0 amide bonds. The first-order valence-electron chi connectivity index (χ1n) is 7.84. The van der Waals surface area contributed by atoms with E-state index < -0.39 is 5.24 Å². The van der Waals surface area contributed by atoms with Gasteiger partial charge in [-0.25, -0.2) is 4.98 Å². The van der Waals surface area contributed by atoms with Crippen molar-refractivity contribution in [2.75, 3.05) is 6.61 Å². The van der Waals surface area contributed by atoms with Gasteiger partial charge in [0.05, 0.1) is 17.8 Å². The third-order valence-electron chi connectivity index (χ3n) is 3.92. The predicted molar refractivity (Wildman–Crippen MR) is 98.0 cm³/mol. The van der Waals surface area contributed by atoms with Crippen molar-refractivity contribution in [1.29, 1.82) is 0 Å². The summed E-state index contributed by atoms with van der Waals surface area (Å²) in [6.45, 7) is 6.56. The monoisotopic (exact) mass is 339 g/mol. The number of pyridine rings is 1. The molecule has 122 valence electrons. The second-order valence-electron chi connectivity index (χ2n) is 5.76. The summed E-state index contributed by atoms with van der Waals surface area (Å²) in [5.74, 6) is 0.808. The lowest BCUT2D eigenvalue weighted by atomic mass is 10.0. The van der Waals surface area contributed by atoms with Gasteiger partial charge in [0.2, 0.25) is 0 Å². The van der Waals surface area contributed by atoms with Gasteiger partial charge in [-0.15, -0.1) is 0 Å². The minimum absolute atomic E-state index is 0.473. The molecule has 0 radical (unpaired) electrons. The summed E-state index contributed by atoms with van der Waals surface area (Å²) in [7, 11) is 0. The highest BCUT2D eigenvalue weighted by atomic mass is 35.5. The van der Waals surface area contributed by atoms with E-state index in [4.69, 9.17) is 21.3 Å². The molecule has 0 spiro atoms. The molecule has 3 nitrogen and oxygen atoms in total. The summed E-state index contributed by atoms with van der Waals surface area (Å²) in [6.07, 6.45) is 0. The number of nitrogens with zero attached hydrogens (tertiary/aromatic N) is 1. The summed E-state index contributed by atoms with van der Waals surface area (Å²) in [5, 5.41) is 0.321. The first-order chi connectivity index (χ1) is 11.5. The first-order valence-corrected chi connectivity index (χ1v) is 8.22. The van der Waals surface area contributed by atoms with Gasteiger partial charge in [-0.2, -0.15) is 0 Å². The molecule has 0 aliphatic carbocycles. The van der Waals surface area contributed by atoms with Crippen LogP contribution in [0, 0.1) is 13.8 Å². The van der Waals surface area contributed by atoms with Crippen molar-refractivity contribution in [1.82, 2.24) is 4.98 Å². The van der Waals surface area contributed by atoms with Gasteiger partial charge in [-0.3, -0.25) is 4.79 Å². The SMILES string of the molecule is CCOc1ccc(-c2cc(C(=O)Cl)c3cc(C)cc(C)c3n2)cc1. The van der Waals surface area contributed by atoms with Crippen LogP contribution in [-0.4, -0.2) is 16.8 Å². The molecule has 0 saturated carbocycles. The summed E-state index contributed by atoms with van der Waals surface area (Å²) in [5.41, 5.74) is 5.03. The number of ether oxygens (including phenoxy) is 1. The molecule has 0 aliphatic rings. The maximum atomic E-state index is 11.9. The van der Waals surface area contributed by atoms with Crippen molar-refractivity contribution >= 4 is 27.7 Å². The Kier molecular flexibility index (Phi) is 4.54. The molecule has 0 unspecified atom stereocenters. The molecule has 3 aromatic rings. The third-order valence-corrected chi connectivity index (χ3v) is 4.12. The Morgan fingerprint density at radius 1 is 1.12 bits per heavy atom. The Morgan fingerprint density at radius 2 is 1.83 bits per heavy atom. The first kappa shape index (κ1) is 16.5. The second-order valence-corrected chi connectivity index (χ2v) is 6.11. The van der Waals surface area contributed by atoms with Gasteiger partial charge >= 0.3 is 0 Å². The van der Waals surface area contributed by atoms with Crippen LogP contribution >= 0.6 is 11.6 Å². The van der Waals surface area contributed by atoms with Crippen LogP contribution in [0.4, 0.5) is 0 Å². The van der Waals surface area contributed by atoms with Crippen molar-refractivity contribution in [3.8, 4) is 17.0 Å². The van der Waals surface area contributed by atoms with Crippen LogP contribution in [-0.2, 0) is 0 Å². The fourth-order valence-corrected chi connectivity index (χ4v) is 3.04. The normalized spacial score (nSPS) is 10.8. The van der Waals surface area contributed by atoms with E-state index in [0.29, 0.717) is 12.2 Å². The molecule has 0 fully saturated rings. The quantitative estimate of drug-likeness (QED) is 0.606. The third kappa shape index (κ3) is 3.13. The van der Waals surface area contributed by atoms with E-state index in [1.54, 1.807) is 6.07 Å². The molecule has 1 aromatic heterocycles. The Balaban J connectivity index is 2.20. The minimum atomic E-state index is -0.473. The maximum absolute atomic E-state index is 11.9. The number of aromatic nitrogens is 1. The van der Waals surface area contributed by atoms with Gasteiger partial charge in [-0.05, 0) is 74.3 Å². The number of benzene rings is 2. The van der Waals surface area contributed by atoms with Crippen LogP contribution in [0.25, 0.3) is 22.2 Å². The zero-order chi connectivity index (χ0) is 17.3. The molecule has 3 rings (SSSR count). The molecule has 0 aliphatic heterocycles. The van der Waals surface area contributed by atoms with Crippen LogP contribution in [0.5, 0.6) is 5.75 Å². The van der Waals surface area contributed by atoms with Crippen molar-refractivity contribution < 1.29 is 9.53 Å². The van der Waals surface area contributed by atoms with E-state index in [1.165, 1.54) is 0 Å². The standard InChI is InChI=1S/C20H18ClNO2/c1-4-24-15-7-5-14(6-8-15)18-11-17(20(21)23)16-10-12(2)9-13(3)19(16)22-18/h5-11H,4H2,1-3H3. The summed E-state index contributed by atoms with van der Waals surface area (Å²) in [4.78, 5) is 16.7. The predicted octanol–water partition coefficient (Wildman–Crippen LogP) is 5.30. The largest absolute Gasteiger partial charge is 0.494 e. The number of aryl methyl sites for hydroxylation is 2. The average molecular weight is 340 g/mol. The molecule has 0 bridgehead atoms. The van der Waals surface area contributed by atoms with Gasteiger partial charge in [0.25, 0.3) is 5.24 Å². The molecule has 0 atom stereocenters. The van der Waals surface area contributed by atoms with Crippen molar-refractivity contribution in [3.05, 3.63) is 59.2 Å². The van der Waals surface area contributed by atoms with E-state index in [-0.39, 0.29) is 0 Å². The van der Waals surface area contributed by atoms with E-state index in [2.05, 4.69) is 6.07 Å². The number of hydrogen-bond donors (Lipinski definition) is 0. The number of hydrogen-bond acceptors (Lipinski definition) is 3. The number of carbonyl (C=O) groups is 1. The lowest BCUT2D eigenvalue weighted by Gasteiger charge is -2.11. The highest BCUT2D eigenvalue weighted by Gasteiger charge is 2.14.